The fourth-order valence-electron chi connectivity index (χ4n) is 0.236. The third-order valence-electron chi connectivity index (χ3n) is 0.716. The number of alkyl halides is 1. The molecule has 0 rings (SSSR count). The Morgan fingerprint density at radius 3 is 2.85 bits per heavy atom. The van der Waals surface area contributed by atoms with Gasteiger partial charge in [-0.2, -0.15) is 0 Å². The van der Waals surface area contributed by atoms with Crippen molar-refractivity contribution in [1.29, 1.82) is 2.86 Å². The van der Waals surface area contributed by atoms with Crippen molar-refractivity contribution in [2.24, 2.45) is 0 Å². The van der Waals surface area contributed by atoms with E-state index in [4.69, 9.17) is 17.3 Å². The molecule has 0 radical (unpaired) electrons. The Morgan fingerprint density at radius 2 is 2.54 bits per heavy atom. The zero-order valence-corrected chi connectivity index (χ0v) is 8.79. The van der Waals surface area contributed by atoms with Gasteiger partial charge in [0.25, 0.3) is 7.82 Å². The first-order valence-corrected chi connectivity index (χ1v) is 5.32. The predicted octanol–water partition coefficient (Wildman–Crippen LogP) is -2.13. The van der Waals surface area contributed by atoms with E-state index in [1.165, 1.54) is 0 Å². The average molecular weight is 240 g/mol. The molecule has 0 amide bonds. The van der Waals surface area contributed by atoms with Crippen molar-refractivity contribution < 1.29 is 32.1 Å². The first kappa shape index (κ1) is 8.61. The van der Waals surface area contributed by atoms with Crippen LogP contribution in [0.2, 0.25) is 2.82 Å². The Balaban J connectivity index is 0. The molecule has 0 aliphatic heterocycles. The molecule has 4 N–H and O–H groups in total. The molecule has 13 heavy (non-hydrogen) atoms. The van der Waals surface area contributed by atoms with E-state index in [9.17, 15) is 9.46 Å². The van der Waals surface area contributed by atoms with Gasteiger partial charge in [-0.1, -0.05) is 0 Å². The number of hydrogen-bond donors (Lipinski definition) is 3. The highest BCUT2D eigenvalue weighted by Gasteiger charge is 1.91. The van der Waals surface area contributed by atoms with Crippen LogP contribution in [0, 0.1) is 0 Å². The average Bonchev–Trinajstić information content (AvgIpc) is 2.27. The third-order valence-corrected chi connectivity index (χ3v) is 1.33. The van der Waals surface area contributed by atoms with Gasteiger partial charge in [-0.3, -0.25) is 4.57 Å². The van der Waals surface area contributed by atoms with Crippen LogP contribution in [0.1, 0.15) is 0 Å². The molecule has 82 valence electrons. The van der Waals surface area contributed by atoms with E-state index >= 15 is 0 Å². The predicted molar refractivity (Wildman–Crippen MR) is 46.3 cm³/mol. The molecule has 1 atom stereocenters. The van der Waals surface area contributed by atoms with E-state index in [-0.39, 0.29) is 25.6 Å². The maximum Gasteiger partial charge on any atom is 0.346 e. The Bertz CT molecular complexity index is 228. The molecule has 0 aliphatic carbocycles. The highest BCUT2D eigenvalue weighted by atomic mass is 35.5. The standard InChI is InChI=1S/C4H10ClNO.CH5O4P/c5-1-2-6-3-4-7;1-5-6(2,3)4/h6-7H,1-4H2;1H3,(H2,2,3,4)/i7D;/hD3. The summed E-state index contributed by atoms with van der Waals surface area (Å²) in [5, 5.41) is 3.30. The minimum Gasteiger partial charge on any atom is -0.756 e. The van der Waals surface area contributed by atoms with Crippen molar-refractivity contribution in [2.45, 2.75) is 0 Å². The molecule has 6 nitrogen and oxygen atoms in total. The van der Waals surface area contributed by atoms with E-state index in [1.54, 1.807) is 0 Å². The van der Waals surface area contributed by atoms with Gasteiger partial charge in [0.05, 0.1) is 25.6 Å². The first-order valence-electron chi connectivity index (χ1n) is 5.04. The Hall–Kier alpha value is 0.320. The first-order chi connectivity index (χ1) is 7.74. The molecule has 1 unspecified atom stereocenters. The molecule has 0 aromatic rings. The minimum absolute atomic E-state index is 0.101. The van der Waals surface area contributed by atoms with Crippen LogP contribution in [0.5, 0.6) is 0 Å². The van der Waals surface area contributed by atoms with Gasteiger partial charge in [-0.05, 0) is 0 Å². The van der Waals surface area contributed by atoms with Crippen LogP contribution in [0.3, 0.4) is 0 Å². The Kier molecular flexibility index (Phi) is 6.89. The van der Waals surface area contributed by atoms with Crippen LogP contribution < -0.4 is 10.2 Å². The zero-order valence-electron chi connectivity index (χ0n) is 11.1. The summed E-state index contributed by atoms with van der Waals surface area (Å²) in [6.45, 7) is 0.533. The maximum absolute atomic E-state index is 9.76. The summed E-state index contributed by atoms with van der Waals surface area (Å²) in [7, 11) is -3.32. The molecular weight excluding hydrogens is 220 g/mol. The topological polar surface area (TPSA) is 106 Å². The van der Waals surface area contributed by atoms with Crippen molar-refractivity contribution in [3.05, 3.63) is 0 Å². The van der Waals surface area contributed by atoms with Crippen LogP contribution in [0.15, 0.2) is 0 Å². The molecule has 0 aromatic heterocycles. The van der Waals surface area contributed by atoms with Crippen molar-refractivity contribution in [3.63, 3.8) is 0 Å². The molecule has 8 heteroatoms. The summed E-state index contributed by atoms with van der Waals surface area (Å²) in [6, 6.07) is 0. The fourth-order valence-corrected chi connectivity index (χ4v) is 0.356. The molecule has 0 aliphatic rings. The number of aliphatic hydroxyl groups excluding tert-OH is 1. The van der Waals surface area contributed by atoms with E-state index in [2.05, 4.69) is 14.5 Å². The zero-order chi connectivity index (χ0) is 13.9. The number of phosphoric acid groups is 1. The normalized spacial score (nSPS) is 19.6. The fraction of sp³-hybridized carbons (Fsp3) is 1.00. The van der Waals surface area contributed by atoms with Crippen LogP contribution in [-0.4, -0.2) is 45.6 Å². The minimum atomic E-state index is -4.24. The lowest BCUT2D eigenvalue weighted by Gasteiger charge is -2.09. The Morgan fingerprint density at radius 1 is 1.85 bits per heavy atom. The highest BCUT2D eigenvalue weighted by molar-refractivity contribution is 7.44. The highest BCUT2D eigenvalue weighted by Crippen LogP contribution is 2.27. The molecule has 0 fully saturated rings. The summed E-state index contributed by atoms with van der Waals surface area (Å²) in [5.41, 5.74) is 0. The number of hydrogen-bond acceptors (Lipinski definition) is 5. The quantitative estimate of drug-likeness (QED) is 0.348. The second-order valence-corrected chi connectivity index (χ2v) is 3.33. The van der Waals surface area contributed by atoms with E-state index < -0.39 is 13.1 Å². The van der Waals surface area contributed by atoms with E-state index in [0.29, 0.717) is 0 Å². The number of aliphatic hydroxyl groups is 1. The van der Waals surface area contributed by atoms with Crippen molar-refractivity contribution in [1.82, 2.24) is 0 Å². The second kappa shape index (κ2) is 10.4. The summed E-state index contributed by atoms with van der Waals surface area (Å²) >= 11 is 5.32. The van der Waals surface area contributed by atoms with Gasteiger partial charge in [0.15, 0.2) is 0 Å². The van der Waals surface area contributed by atoms with Gasteiger partial charge in [0.2, 0.25) is 2.86 Å². The molecule has 0 aromatic carbocycles. The van der Waals surface area contributed by atoms with Crippen molar-refractivity contribution in [3.8, 4) is 0 Å². The van der Waals surface area contributed by atoms with Gasteiger partial charge in [0.1, 0.15) is 0 Å². The molecule has 0 spiro atoms. The van der Waals surface area contributed by atoms with E-state index in [1.807, 2.05) is 0 Å². The molecule has 0 bridgehead atoms. The van der Waals surface area contributed by atoms with Gasteiger partial charge >= 0.3 is 2.82 Å². The van der Waals surface area contributed by atoms with Gasteiger partial charge in [-0.25, -0.2) is 0 Å². The van der Waals surface area contributed by atoms with Crippen LogP contribution in [0.25, 0.3) is 0 Å². The number of phosphoric ester groups is 1. The summed E-state index contributed by atoms with van der Waals surface area (Å²) < 4.78 is 39.9. The van der Waals surface area contributed by atoms with E-state index in [0.717, 1.165) is 7.11 Å². The van der Waals surface area contributed by atoms with Crippen LogP contribution in [-0.2, 0) is 9.09 Å². The van der Waals surface area contributed by atoms with Gasteiger partial charge in [-0.15, -0.1) is 11.6 Å². The molecular formula is C5H15ClNO5P. The lowest BCUT2D eigenvalue weighted by Crippen LogP contribution is -2.85. The lowest BCUT2D eigenvalue weighted by atomic mass is 10.6. The van der Waals surface area contributed by atoms with Crippen LogP contribution in [0.4, 0.5) is 0 Å². The Labute approximate surface area is 88.0 Å². The van der Waals surface area contributed by atoms with Crippen molar-refractivity contribution >= 4 is 19.4 Å². The summed E-state index contributed by atoms with van der Waals surface area (Å²) in [6.07, 6.45) is 0. The number of nitrogens with two attached hydrogens (primary N) is 1. The van der Waals surface area contributed by atoms with Crippen LogP contribution >= 0.6 is 19.4 Å². The number of quaternary nitrogens is 1. The summed E-state index contributed by atoms with van der Waals surface area (Å²) in [4.78, 5) is 12.9. The molecule has 0 heterocycles. The van der Waals surface area contributed by atoms with Gasteiger partial charge < -0.3 is 24.7 Å². The second-order valence-electron chi connectivity index (χ2n) is 1.69. The number of halogens is 1. The lowest BCUT2D eigenvalue weighted by molar-refractivity contribution is -0.652. The molecule has 0 saturated heterocycles. The smallest absolute Gasteiger partial charge is 0.346 e. The van der Waals surface area contributed by atoms with Crippen molar-refractivity contribution in [2.75, 3.05) is 32.7 Å². The third kappa shape index (κ3) is 24.5. The maximum atomic E-state index is 9.76. The SMILES string of the molecule is [2H]OCC[N+]([2H])([2H])CCCl.[2H]OP(=O)([O-])OC. The summed E-state index contributed by atoms with van der Waals surface area (Å²) in [5.74, 6) is 0.283. The monoisotopic (exact) mass is 239 g/mol. The molecule has 0 saturated carbocycles. The van der Waals surface area contributed by atoms with Gasteiger partial charge in [0, 0.05) is 7.11 Å². The number of rotatable bonds is 7. The largest absolute Gasteiger partial charge is 0.756 e.